The third-order valence-electron chi connectivity index (χ3n) is 4.53. The molecule has 9 heteroatoms. The van der Waals surface area contributed by atoms with Crippen molar-refractivity contribution in [2.45, 2.75) is 39.5 Å². The Hall–Kier alpha value is -2.66. The Kier molecular flexibility index (Phi) is 9.70. The summed E-state index contributed by atoms with van der Waals surface area (Å²) in [5, 5.41) is 4.66. The van der Waals surface area contributed by atoms with Gasteiger partial charge in [0.2, 0.25) is 0 Å². The molecule has 3 aromatic rings. The van der Waals surface area contributed by atoms with Crippen molar-refractivity contribution in [1.82, 2.24) is 15.4 Å². The van der Waals surface area contributed by atoms with Crippen molar-refractivity contribution in [1.29, 1.82) is 0 Å². The predicted octanol–water partition coefficient (Wildman–Crippen LogP) is 5.23. The Morgan fingerprint density at radius 3 is 2.47 bits per heavy atom. The second-order valence-corrected chi connectivity index (χ2v) is 9.66. The van der Waals surface area contributed by atoms with Crippen LogP contribution in [0.3, 0.4) is 0 Å². The van der Waals surface area contributed by atoms with Crippen LogP contribution in [-0.4, -0.2) is 34.4 Å². The highest BCUT2D eigenvalue weighted by atomic mass is 127. The molecule has 7 nitrogen and oxygen atoms in total. The van der Waals surface area contributed by atoms with E-state index in [4.69, 9.17) is 9.47 Å². The second kappa shape index (κ2) is 12.7. The number of rotatable bonds is 10. The highest BCUT2D eigenvalue weighted by Crippen LogP contribution is 2.34. The van der Waals surface area contributed by atoms with Crippen LogP contribution in [0.15, 0.2) is 52.7 Å². The van der Waals surface area contributed by atoms with E-state index in [9.17, 15) is 4.79 Å². The van der Waals surface area contributed by atoms with Gasteiger partial charge in [-0.2, -0.15) is 5.10 Å². The Bertz CT molecular complexity index is 1150. The molecule has 0 bridgehead atoms. The summed E-state index contributed by atoms with van der Waals surface area (Å²) in [4.78, 5) is 20.8. The van der Waals surface area contributed by atoms with Gasteiger partial charge < -0.3 is 9.47 Å². The topological polar surface area (TPSA) is 85.7 Å². The maximum absolute atomic E-state index is 12.2. The van der Waals surface area contributed by atoms with Crippen LogP contribution in [-0.2, 0) is 11.4 Å². The minimum atomic E-state index is -0.234. The number of nitrogens with one attached hydrogen (secondary N) is 1. The summed E-state index contributed by atoms with van der Waals surface area (Å²) in [5.41, 5.74) is 7.38. The van der Waals surface area contributed by atoms with Crippen molar-refractivity contribution in [3.05, 3.63) is 74.1 Å². The van der Waals surface area contributed by atoms with Crippen molar-refractivity contribution in [2.24, 2.45) is 5.10 Å². The van der Waals surface area contributed by atoms with E-state index in [2.05, 4.69) is 74.3 Å². The molecule has 0 radical (unpaired) electrons. The molecule has 2 aromatic carbocycles. The fourth-order valence-corrected chi connectivity index (χ4v) is 4.53. The average molecular weight is 590 g/mol. The van der Waals surface area contributed by atoms with Gasteiger partial charge in [0, 0.05) is 11.4 Å². The third-order valence-corrected chi connectivity index (χ3v) is 6.18. The van der Waals surface area contributed by atoms with Crippen molar-refractivity contribution < 1.29 is 14.3 Å². The van der Waals surface area contributed by atoms with Gasteiger partial charge in [-0.1, -0.05) is 41.6 Å². The molecule has 0 aliphatic carbocycles. The number of hydrogen-bond acceptors (Lipinski definition) is 7. The lowest BCUT2D eigenvalue weighted by Crippen LogP contribution is -2.19. The highest BCUT2D eigenvalue weighted by Gasteiger charge is 2.12. The second-order valence-electron chi connectivity index (χ2n) is 7.55. The molecule has 0 unspecified atom stereocenters. The van der Waals surface area contributed by atoms with Crippen molar-refractivity contribution >= 4 is 46.5 Å². The number of carbonyl (C=O) groups is 1. The first-order chi connectivity index (χ1) is 16.3. The van der Waals surface area contributed by atoms with Crippen molar-refractivity contribution in [3.8, 4) is 11.5 Å². The van der Waals surface area contributed by atoms with Gasteiger partial charge in [-0.15, -0.1) is 0 Å². The number of ether oxygens (including phenoxy) is 2. The van der Waals surface area contributed by atoms with Crippen LogP contribution < -0.4 is 14.9 Å². The minimum Gasteiger partial charge on any atom is -0.490 e. The molecule has 0 aliphatic rings. The molecule has 0 saturated heterocycles. The van der Waals surface area contributed by atoms with Crippen LogP contribution in [0.2, 0.25) is 0 Å². The first-order valence-electron chi connectivity index (χ1n) is 10.8. The summed E-state index contributed by atoms with van der Waals surface area (Å²) < 4.78 is 12.8. The van der Waals surface area contributed by atoms with Crippen molar-refractivity contribution in [2.75, 3.05) is 12.4 Å². The quantitative estimate of drug-likeness (QED) is 0.115. The maximum Gasteiger partial charge on any atom is 0.250 e. The highest BCUT2D eigenvalue weighted by molar-refractivity contribution is 14.1. The summed E-state index contributed by atoms with van der Waals surface area (Å²) in [6.07, 6.45) is 1.59. The van der Waals surface area contributed by atoms with Crippen LogP contribution >= 0.6 is 34.4 Å². The average Bonchev–Trinajstić information content (AvgIpc) is 2.78. The number of thioether (sulfide) groups is 1. The van der Waals surface area contributed by atoms with E-state index in [1.54, 1.807) is 6.21 Å². The van der Waals surface area contributed by atoms with Crippen LogP contribution in [0.1, 0.15) is 35.0 Å². The lowest BCUT2D eigenvalue weighted by molar-refractivity contribution is -0.118. The molecule has 34 heavy (non-hydrogen) atoms. The van der Waals surface area contributed by atoms with Gasteiger partial charge in [0.1, 0.15) is 6.61 Å². The first kappa shape index (κ1) is 26.0. The SMILES string of the molecule is CCOc1cc(/C=N\NC(=O)CSc2nc(C)cc(C)n2)cc(I)c1OCc1ccc(C)cc1. The Morgan fingerprint density at radius 1 is 1.09 bits per heavy atom. The zero-order chi connectivity index (χ0) is 24.5. The van der Waals surface area contributed by atoms with Gasteiger partial charge in [-0.25, -0.2) is 15.4 Å². The van der Waals surface area contributed by atoms with E-state index in [0.29, 0.717) is 29.9 Å². The number of halogens is 1. The zero-order valence-electron chi connectivity index (χ0n) is 19.6. The van der Waals surface area contributed by atoms with E-state index >= 15 is 0 Å². The molecular formula is C25H27IN4O3S. The summed E-state index contributed by atoms with van der Waals surface area (Å²) in [6, 6.07) is 13.9. The van der Waals surface area contributed by atoms with Crippen LogP contribution in [0.25, 0.3) is 0 Å². The third kappa shape index (κ3) is 7.98. The molecule has 0 aliphatic heterocycles. The van der Waals surface area contributed by atoms with E-state index in [1.807, 2.05) is 39.0 Å². The number of benzene rings is 2. The molecule has 3 rings (SSSR count). The maximum atomic E-state index is 12.2. The van der Waals surface area contributed by atoms with Crippen LogP contribution in [0, 0.1) is 24.3 Å². The fraction of sp³-hybridized carbons (Fsp3) is 0.280. The molecule has 0 saturated carbocycles. The van der Waals surface area contributed by atoms with Gasteiger partial charge in [0.15, 0.2) is 16.7 Å². The number of nitrogens with zero attached hydrogens (tertiary/aromatic N) is 3. The Labute approximate surface area is 217 Å². The van der Waals surface area contributed by atoms with Crippen LogP contribution in [0.5, 0.6) is 11.5 Å². The molecule has 0 fully saturated rings. The molecule has 1 heterocycles. The van der Waals surface area contributed by atoms with Crippen LogP contribution in [0.4, 0.5) is 0 Å². The van der Waals surface area contributed by atoms with E-state index in [-0.39, 0.29) is 11.7 Å². The van der Waals surface area contributed by atoms with E-state index < -0.39 is 0 Å². The normalized spacial score (nSPS) is 11.0. The van der Waals surface area contributed by atoms with Crippen molar-refractivity contribution in [3.63, 3.8) is 0 Å². The summed E-state index contributed by atoms with van der Waals surface area (Å²) in [7, 11) is 0. The summed E-state index contributed by atoms with van der Waals surface area (Å²) in [6.45, 7) is 8.74. The molecular weight excluding hydrogens is 563 g/mol. The van der Waals surface area contributed by atoms with Gasteiger partial charge in [-0.05, 0) is 79.6 Å². The molecule has 1 N–H and O–H groups in total. The Morgan fingerprint density at radius 2 is 1.79 bits per heavy atom. The zero-order valence-corrected chi connectivity index (χ0v) is 22.6. The number of amides is 1. The number of aromatic nitrogens is 2. The number of aryl methyl sites for hydroxylation is 3. The van der Waals surface area contributed by atoms with E-state index in [0.717, 1.165) is 26.1 Å². The molecule has 0 atom stereocenters. The number of carbonyl (C=O) groups excluding carboxylic acids is 1. The summed E-state index contributed by atoms with van der Waals surface area (Å²) in [5.74, 6) is 1.26. The molecule has 1 aromatic heterocycles. The predicted molar refractivity (Wildman–Crippen MR) is 144 cm³/mol. The standard InChI is InChI=1S/C25H27IN4O3S/c1-5-32-22-12-20(11-21(26)24(22)33-14-19-8-6-16(2)7-9-19)13-27-30-23(31)15-34-25-28-17(3)10-18(4)29-25/h6-13H,5,14-15H2,1-4H3,(H,30,31)/b27-13-. The smallest absolute Gasteiger partial charge is 0.250 e. The lowest BCUT2D eigenvalue weighted by Gasteiger charge is -2.15. The Balaban J connectivity index is 1.61. The van der Waals surface area contributed by atoms with E-state index in [1.165, 1.54) is 17.3 Å². The fourth-order valence-electron chi connectivity index (χ4n) is 3.00. The van der Waals surface area contributed by atoms with Gasteiger partial charge in [0.05, 0.1) is 22.1 Å². The monoisotopic (exact) mass is 590 g/mol. The number of hydrazone groups is 1. The number of hydrogen-bond donors (Lipinski definition) is 1. The molecule has 1 amide bonds. The lowest BCUT2D eigenvalue weighted by atomic mass is 10.2. The molecule has 178 valence electrons. The first-order valence-corrected chi connectivity index (χ1v) is 12.8. The van der Waals surface area contributed by atoms with Gasteiger partial charge in [0.25, 0.3) is 5.91 Å². The summed E-state index contributed by atoms with van der Waals surface area (Å²) >= 11 is 3.49. The van der Waals surface area contributed by atoms with Gasteiger partial charge in [-0.3, -0.25) is 4.79 Å². The largest absolute Gasteiger partial charge is 0.490 e. The minimum absolute atomic E-state index is 0.174. The van der Waals surface area contributed by atoms with Gasteiger partial charge >= 0.3 is 0 Å². The molecule has 0 spiro atoms.